The first-order valence-electron chi connectivity index (χ1n) is 5.80. The normalized spacial score (nSPS) is 34.1. The van der Waals surface area contributed by atoms with E-state index in [0.717, 1.165) is 25.7 Å². The predicted molar refractivity (Wildman–Crippen MR) is 72.1 cm³/mol. The van der Waals surface area contributed by atoms with E-state index in [9.17, 15) is 8.42 Å². The highest BCUT2D eigenvalue weighted by Gasteiger charge is 2.46. The summed E-state index contributed by atoms with van der Waals surface area (Å²) in [7, 11) is -3.25. The number of nitrogens with zero attached hydrogens (tertiary/aromatic N) is 1. The van der Waals surface area contributed by atoms with E-state index in [4.69, 9.17) is 0 Å². The molecule has 2 aliphatic rings. The maximum Gasteiger partial charge on any atom is 0.253 e. The van der Waals surface area contributed by atoms with Gasteiger partial charge in [0.15, 0.2) is 0 Å². The van der Waals surface area contributed by atoms with Crippen LogP contribution in [0.2, 0.25) is 0 Å². The van der Waals surface area contributed by atoms with Crippen LogP contribution in [0.15, 0.2) is 21.7 Å². The number of halogens is 1. The lowest BCUT2D eigenvalue weighted by atomic mass is 10.1. The summed E-state index contributed by atoms with van der Waals surface area (Å²) in [5, 5.41) is 1.83. The van der Waals surface area contributed by atoms with E-state index in [1.54, 1.807) is 16.4 Å². The predicted octanol–water partition coefficient (Wildman–Crippen LogP) is 2.83. The Kier molecular flexibility index (Phi) is 3.09. The van der Waals surface area contributed by atoms with E-state index < -0.39 is 10.0 Å². The molecule has 6 heteroatoms. The van der Waals surface area contributed by atoms with Gasteiger partial charge in [0.1, 0.15) is 4.21 Å². The molecule has 2 unspecified atom stereocenters. The van der Waals surface area contributed by atoms with Crippen molar-refractivity contribution in [2.75, 3.05) is 0 Å². The molecule has 3 nitrogen and oxygen atoms in total. The Morgan fingerprint density at radius 3 is 2.47 bits per heavy atom. The summed E-state index contributed by atoms with van der Waals surface area (Å²) >= 11 is 4.95. The largest absolute Gasteiger partial charge is 0.253 e. The van der Waals surface area contributed by atoms with Gasteiger partial charge in [-0.05, 0) is 37.1 Å². The van der Waals surface area contributed by atoms with Crippen LogP contribution in [0.3, 0.4) is 0 Å². The zero-order chi connectivity index (χ0) is 12.0. The lowest BCUT2D eigenvalue weighted by Gasteiger charge is -2.35. The van der Waals surface area contributed by atoms with Crippen molar-refractivity contribution >= 4 is 37.3 Å². The van der Waals surface area contributed by atoms with Gasteiger partial charge >= 0.3 is 0 Å². The molecule has 2 atom stereocenters. The van der Waals surface area contributed by atoms with Crippen molar-refractivity contribution in [3.05, 3.63) is 17.5 Å². The molecule has 2 aliphatic heterocycles. The van der Waals surface area contributed by atoms with Crippen LogP contribution in [0.1, 0.15) is 25.7 Å². The zero-order valence-electron chi connectivity index (χ0n) is 9.25. The van der Waals surface area contributed by atoms with Crippen molar-refractivity contribution in [1.82, 2.24) is 4.31 Å². The average Bonchev–Trinajstić information content (AvgIpc) is 2.86. The highest BCUT2D eigenvalue weighted by molar-refractivity contribution is 9.09. The Balaban J connectivity index is 1.96. The van der Waals surface area contributed by atoms with E-state index in [2.05, 4.69) is 15.9 Å². The summed E-state index contributed by atoms with van der Waals surface area (Å²) in [5.41, 5.74) is 0. The first-order valence-corrected chi connectivity index (χ1v) is 9.03. The second-order valence-electron chi connectivity index (χ2n) is 4.72. The zero-order valence-corrected chi connectivity index (χ0v) is 12.5. The lowest BCUT2D eigenvalue weighted by molar-refractivity contribution is 0.255. The summed E-state index contributed by atoms with van der Waals surface area (Å²) in [5.74, 6) is 0. The Labute approximate surface area is 114 Å². The molecular weight excluding hydrogens is 322 g/mol. The molecule has 0 aliphatic carbocycles. The molecule has 0 aromatic carbocycles. The molecule has 3 heterocycles. The van der Waals surface area contributed by atoms with Crippen molar-refractivity contribution < 1.29 is 8.42 Å². The van der Waals surface area contributed by atoms with E-state index in [-0.39, 0.29) is 12.1 Å². The van der Waals surface area contributed by atoms with Gasteiger partial charge in [-0.2, -0.15) is 4.31 Å². The fourth-order valence-electron chi connectivity index (χ4n) is 2.97. The summed E-state index contributed by atoms with van der Waals surface area (Å²) < 4.78 is 27.3. The van der Waals surface area contributed by atoms with Crippen LogP contribution >= 0.6 is 27.3 Å². The minimum absolute atomic E-state index is 0.199. The molecule has 0 radical (unpaired) electrons. The smallest absolute Gasteiger partial charge is 0.206 e. The maximum absolute atomic E-state index is 12.5. The Morgan fingerprint density at radius 1 is 1.29 bits per heavy atom. The topological polar surface area (TPSA) is 37.4 Å². The van der Waals surface area contributed by atoms with E-state index >= 15 is 0 Å². The third-order valence-corrected chi connectivity index (χ3v) is 7.76. The number of hydrogen-bond donors (Lipinski definition) is 0. The quantitative estimate of drug-likeness (QED) is 0.779. The highest BCUT2D eigenvalue weighted by atomic mass is 79.9. The van der Waals surface area contributed by atoms with Gasteiger partial charge in [0, 0.05) is 16.9 Å². The van der Waals surface area contributed by atoms with E-state index in [1.807, 2.05) is 5.38 Å². The molecule has 0 saturated carbocycles. The number of sulfonamides is 1. The SMILES string of the molecule is O=S(=O)(c1cccs1)N1C2CCC1CC(Br)C2. The van der Waals surface area contributed by atoms with E-state index in [0.29, 0.717) is 9.04 Å². The van der Waals surface area contributed by atoms with Crippen LogP contribution in [-0.2, 0) is 10.0 Å². The Morgan fingerprint density at radius 2 is 1.94 bits per heavy atom. The van der Waals surface area contributed by atoms with Crippen molar-refractivity contribution in [2.45, 2.75) is 46.8 Å². The first-order chi connectivity index (χ1) is 8.09. The van der Waals surface area contributed by atoms with Crippen LogP contribution in [-0.4, -0.2) is 29.6 Å². The number of thiophene rings is 1. The number of hydrogen-bond acceptors (Lipinski definition) is 3. The molecule has 2 saturated heterocycles. The molecule has 2 bridgehead atoms. The van der Waals surface area contributed by atoms with Crippen molar-refractivity contribution in [1.29, 1.82) is 0 Å². The van der Waals surface area contributed by atoms with Gasteiger partial charge in [0.25, 0.3) is 10.0 Å². The third-order valence-electron chi connectivity index (χ3n) is 3.64. The van der Waals surface area contributed by atoms with Gasteiger partial charge in [0.2, 0.25) is 0 Å². The lowest BCUT2D eigenvalue weighted by Crippen LogP contribution is -2.46. The fraction of sp³-hybridized carbons (Fsp3) is 0.636. The minimum Gasteiger partial charge on any atom is -0.206 e. The summed E-state index contributed by atoms with van der Waals surface area (Å²) in [6.45, 7) is 0. The monoisotopic (exact) mass is 335 g/mol. The van der Waals surface area contributed by atoms with Crippen molar-refractivity contribution in [3.63, 3.8) is 0 Å². The molecule has 1 aromatic rings. The number of piperidine rings is 1. The molecule has 3 rings (SSSR count). The van der Waals surface area contributed by atoms with Crippen LogP contribution in [0.4, 0.5) is 0 Å². The Bertz CT molecular complexity index is 486. The summed E-state index contributed by atoms with van der Waals surface area (Å²) in [6.07, 6.45) is 3.91. The molecule has 1 aromatic heterocycles. The van der Waals surface area contributed by atoms with Gasteiger partial charge in [-0.3, -0.25) is 0 Å². The molecule has 2 fully saturated rings. The van der Waals surface area contributed by atoms with Crippen LogP contribution in [0.5, 0.6) is 0 Å². The van der Waals surface area contributed by atoms with Gasteiger partial charge in [-0.25, -0.2) is 8.42 Å². The molecule has 94 valence electrons. The van der Waals surface area contributed by atoms with Gasteiger partial charge in [-0.1, -0.05) is 22.0 Å². The number of alkyl halides is 1. The molecule has 0 spiro atoms. The first kappa shape index (κ1) is 12.1. The average molecular weight is 336 g/mol. The van der Waals surface area contributed by atoms with Gasteiger partial charge in [-0.15, -0.1) is 11.3 Å². The minimum atomic E-state index is -3.25. The number of rotatable bonds is 2. The standard InChI is InChI=1S/C11H14BrNO2S2/c12-8-6-9-3-4-10(7-8)13(9)17(14,15)11-2-1-5-16-11/h1-2,5,8-10H,3-4,6-7H2. The van der Waals surface area contributed by atoms with Crippen LogP contribution in [0, 0.1) is 0 Å². The molecule has 0 amide bonds. The molecular formula is C11H14BrNO2S2. The van der Waals surface area contributed by atoms with Crippen molar-refractivity contribution in [2.24, 2.45) is 0 Å². The number of fused-ring (bicyclic) bond motifs is 2. The van der Waals surface area contributed by atoms with Gasteiger partial charge < -0.3 is 0 Å². The molecule has 0 N–H and O–H groups in total. The fourth-order valence-corrected chi connectivity index (χ4v) is 6.82. The van der Waals surface area contributed by atoms with Crippen molar-refractivity contribution in [3.8, 4) is 0 Å². The third kappa shape index (κ3) is 1.99. The second kappa shape index (κ2) is 4.33. The van der Waals surface area contributed by atoms with Gasteiger partial charge in [0.05, 0.1) is 0 Å². The summed E-state index contributed by atoms with van der Waals surface area (Å²) in [4.78, 5) is 0.481. The molecule has 17 heavy (non-hydrogen) atoms. The van der Waals surface area contributed by atoms with Crippen LogP contribution < -0.4 is 0 Å². The van der Waals surface area contributed by atoms with E-state index in [1.165, 1.54) is 11.3 Å². The highest BCUT2D eigenvalue weighted by Crippen LogP contribution is 2.42. The Hall–Kier alpha value is 0.0900. The summed E-state index contributed by atoms with van der Waals surface area (Å²) in [6, 6.07) is 3.91. The maximum atomic E-state index is 12.5. The van der Waals surface area contributed by atoms with Crippen LogP contribution in [0.25, 0.3) is 0 Å². The second-order valence-corrected chi connectivity index (χ2v) is 9.03.